The van der Waals surface area contributed by atoms with E-state index in [-0.39, 0.29) is 6.42 Å². The minimum absolute atomic E-state index is 0.165. The molecule has 0 fully saturated rings. The Labute approximate surface area is 278 Å². The zero-order valence-corrected chi connectivity index (χ0v) is 27.3. The van der Waals surface area contributed by atoms with E-state index in [0.717, 1.165) is 35.6 Å². The van der Waals surface area contributed by atoms with E-state index in [1.165, 1.54) is 82.8 Å². The molecule has 0 atom stereocenters. The van der Waals surface area contributed by atoms with Crippen molar-refractivity contribution in [3.63, 3.8) is 0 Å². The summed E-state index contributed by atoms with van der Waals surface area (Å²) in [6.07, 6.45) is 12.9. The molecule has 2 N–H and O–H groups in total. The predicted octanol–water partition coefficient (Wildman–Crippen LogP) is 11.5. The number of aryl methyl sites for hydroxylation is 2. The Morgan fingerprint density at radius 1 is 0.383 bits per heavy atom. The van der Waals surface area contributed by atoms with Crippen molar-refractivity contribution in [1.82, 2.24) is 0 Å². The van der Waals surface area contributed by atoms with Gasteiger partial charge in [0.1, 0.15) is 0 Å². The Morgan fingerprint density at radius 3 is 1.09 bits per heavy atom. The van der Waals surface area contributed by atoms with Gasteiger partial charge in [-0.15, -0.1) is 0 Å². The van der Waals surface area contributed by atoms with Crippen LogP contribution in [-0.4, -0.2) is 22.2 Å². The van der Waals surface area contributed by atoms with Gasteiger partial charge in [0.15, 0.2) is 0 Å². The van der Waals surface area contributed by atoms with Gasteiger partial charge in [-0.2, -0.15) is 0 Å². The molecule has 0 unspecified atom stereocenters. The van der Waals surface area contributed by atoms with Gasteiger partial charge in [-0.25, -0.2) is 0 Å². The van der Waals surface area contributed by atoms with Crippen LogP contribution in [-0.2, 0) is 22.4 Å². The third-order valence-corrected chi connectivity index (χ3v) is 9.17. The van der Waals surface area contributed by atoms with Crippen LogP contribution in [0.1, 0.15) is 81.8 Å². The highest BCUT2D eigenvalue weighted by Crippen LogP contribution is 2.31. The van der Waals surface area contributed by atoms with E-state index in [0.29, 0.717) is 12.8 Å². The summed E-state index contributed by atoms with van der Waals surface area (Å²) in [5.41, 5.74) is 2.64. The maximum Gasteiger partial charge on any atom is 0.303 e. The number of fused-ring (bicyclic) bond motifs is 4. The maximum atomic E-state index is 10.8. The van der Waals surface area contributed by atoms with E-state index >= 15 is 0 Å². The van der Waals surface area contributed by atoms with Crippen LogP contribution in [0.3, 0.4) is 0 Å². The fourth-order valence-corrected chi connectivity index (χ4v) is 6.80. The Hall–Kier alpha value is -4.70. The summed E-state index contributed by atoms with van der Waals surface area (Å²) in [7, 11) is 0. The lowest BCUT2D eigenvalue weighted by Gasteiger charge is -2.11. The SMILES string of the molecule is O=C(O)CCCCCCCCCCCc1c2ccccc2cc2ccccc12.O=C(O)CCc1c2ccccc2cc2ccccc12. The molecule has 6 aromatic carbocycles. The second kappa shape index (κ2) is 17.3. The second-order valence-electron chi connectivity index (χ2n) is 12.6. The van der Waals surface area contributed by atoms with Crippen molar-refractivity contribution in [2.24, 2.45) is 0 Å². The monoisotopic (exact) mass is 626 g/mol. The Balaban J connectivity index is 0.000000198. The fourth-order valence-electron chi connectivity index (χ4n) is 6.80. The number of hydrogen-bond donors (Lipinski definition) is 2. The van der Waals surface area contributed by atoms with Crippen LogP contribution >= 0.6 is 0 Å². The van der Waals surface area contributed by atoms with E-state index in [4.69, 9.17) is 10.2 Å². The molecule has 0 bridgehead atoms. The summed E-state index contributed by atoms with van der Waals surface area (Å²) >= 11 is 0. The summed E-state index contributed by atoms with van der Waals surface area (Å²) in [6.45, 7) is 0. The molecule has 6 aromatic rings. The summed E-state index contributed by atoms with van der Waals surface area (Å²) in [4.78, 5) is 21.3. The molecular weight excluding hydrogens is 580 g/mol. The van der Waals surface area contributed by atoms with Gasteiger partial charge in [0.25, 0.3) is 0 Å². The number of rotatable bonds is 15. The molecule has 0 heterocycles. The summed E-state index contributed by atoms with van der Waals surface area (Å²) in [6, 6.07) is 38.3. The van der Waals surface area contributed by atoms with Crippen molar-refractivity contribution in [3.05, 3.63) is 120 Å². The molecule has 0 aliphatic carbocycles. The van der Waals surface area contributed by atoms with Gasteiger partial charge in [-0.1, -0.05) is 142 Å². The number of carbonyl (C=O) groups is 2. The largest absolute Gasteiger partial charge is 0.481 e. The third kappa shape index (κ3) is 9.42. The Morgan fingerprint density at radius 2 is 0.702 bits per heavy atom. The normalized spacial score (nSPS) is 11.1. The predicted molar refractivity (Wildman–Crippen MR) is 196 cm³/mol. The standard InChI is InChI=1S/C26H32O2.C17H14O2/c27-26(28)19-9-7-5-3-1-2-4-6-8-18-25-23-16-12-10-14-21(23)20-22-15-11-13-17-24(22)25;18-17(19)10-9-16-14-7-3-1-5-12(14)11-13-6-2-4-8-15(13)16/h10-17,20H,1-9,18-19H2,(H,27,28);1-8,11H,9-10H2,(H,18,19). The van der Waals surface area contributed by atoms with Gasteiger partial charge in [-0.3, -0.25) is 9.59 Å². The van der Waals surface area contributed by atoms with Crippen LogP contribution in [0.25, 0.3) is 43.1 Å². The minimum Gasteiger partial charge on any atom is -0.481 e. The van der Waals surface area contributed by atoms with E-state index in [9.17, 15) is 9.59 Å². The van der Waals surface area contributed by atoms with E-state index in [1.54, 1.807) is 0 Å². The highest BCUT2D eigenvalue weighted by Gasteiger charge is 2.09. The van der Waals surface area contributed by atoms with Crippen molar-refractivity contribution < 1.29 is 19.8 Å². The van der Waals surface area contributed by atoms with Crippen molar-refractivity contribution in [3.8, 4) is 0 Å². The van der Waals surface area contributed by atoms with E-state index < -0.39 is 11.9 Å². The lowest BCUT2D eigenvalue weighted by Crippen LogP contribution is -1.99. The summed E-state index contributed by atoms with van der Waals surface area (Å²) < 4.78 is 0. The van der Waals surface area contributed by atoms with E-state index in [2.05, 4.69) is 84.9 Å². The first-order valence-electron chi connectivity index (χ1n) is 17.2. The molecule has 47 heavy (non-hydrogen) atoms. The van der Waals surface area contributed by atoms with Crippen LogP contribution < -0.4 is 0 Å². The van der Waals surface area contributed by atoms with Crippen LogP contribution in [0.15, 0.2) is 109 Å². The van der Waals surface area contributed by atoms with Crippen LogP contribution in [0.5, 0.6) is 0 Å². The first-order valence-corrected chi connectivity index (χ1v) is 17.2. The van der Waals surface area contributed by atoms with Crippen molar-refractivity contribution in [2.75, 3.05) is 0 Å². The second-order valence-corrected chi connectivity index (χ2v) is 12.6. The van der Waals surface area contributed by atoms with Gasteiger partial charge in [0.05, 0.1) is 0 Å². The molecule has 0 saturated carbocycles. The number of unbranched alkanes of at least 4 members (excludes halogenated alkanes) is 8. The lowest BCUT2D eigenvalue weighted by molar-refractivity contribution is -0.138. The zero-order chi connectivity index (χ0) is 32.8. The molecule has 6 rings (SSSR count). The molecule has 0 radical (unpaired) electrons. The highest BCUT2D eigenvalue weighted by atomic mass is 16.4. The average molecular weight is 627 g/mol. The number of carboxylic acids is 2. The van der Waals surface area contributed by atoms with E-state index in [1.807, 2.05) is 24.3 Å². The quantitative estimate of drug-likeness (QED) is 0.0878. The Kier molecular flexibility index (Phi) is 12.4. The maximum absolute atomic E-state index is 10.8. The van der Waals surface area contributed by atoms with Crippen molar-refractivity contribution in [2.45, 2.75) is 83.5 Å². The van der Waals surface area contributed by atoms with Crippen LogP contribution in [0.4, 0.5) is 0 Å². The molecule has 0 aromatic heterocycles. The zero-order valence-electron chi connectivity index (χ0n) is 27.3. The van der Waals surface area contributed by atoms with Gasteiger partial charge in [0.2, 0.25) is 0 Å². The van der Waals surface area contributed by atoms with Gasteiger partial charge >= 0.3 is 11.9 Å². The van der Waals surface area contributed by atoms with Crippen molar-refractivity contribution >= 4 is 55.0 Å². The Bertz CT molecular complexity index is 1830. The van der Waals surface area contributed by atoms with Gasteiger partial charge in [0, 0.05) is 12.8 Å². The first-order chi connectivity index (χ1) is 23.0. The van der Waals surface area contributed by atoms with Crippen molar-refractivity contribution in [1.29, 1.82) is 0 Å². The summed E-state index contributed by atoms with van der Waals surface area (Å²) in [5.74, 6) is -1.42. The number of aliphatic carboxylic acids is 2. The molecule has 0 spiro atoms. The molecule has 0 aliphatic rings. The van der Waals surface area contributed by atoms with Gasteiger partial charge in [-0.05, 0) is 92.0 Å². The highest BCUT2D eigenvalue weighted by molar-refractivity contribution is 6.03. The summed E-state index contributed by atoms with van der Waals surface area (Å²) in [5, 5.41) is 27.7. The molecule has 242 valence electrons. The number of benzene rings is 6. The molecule has 0 amide bonds. The van der Waals surface area contributed by atoms with Crippen LogP contribution in [0, 0.1) is 0 Å². The molecule has 0 saturated heterocycles. The van der Waals surface area contributed by atoms with Gasteiger partial charge < -0.3 is 10.2 Å². The third-order valence-electron chi connectivity index (χ3n) is 9.17. The molecule has 0 aliphatic heterocycles. The molecular formula is C43H46O4. The smallest absolute Gasteiger partial charge is 0.303 e. The number of hydrogen-bond acceptors (Lipinski definition) is 2. The molecule has 4 heteroatoms. The topological polar surface area (TPSA) is 74.6 Å². The lowest BCUT2D eigenvalue weighted by atomic mass is 9.93. The molecule has 4 nitrogen and oxygen atoms in total. The fraction of sp³-hybridized carbons (Fsp3) is 0.302. The minimum atomic E-state index is -0.753. The number of carboxylic acid groups (broad SMARTS) is 2. The van der Waals surface area contributed by atoms with Crippen LogP contribution in [0.2, 0.25) is 0 Å². The first kappa shape index (κ1) is 33.7. The average Bonchev–Trinajstić information content (AvgIpc) is 3.08.